The molecule has 3 aromatic rings. The summed E-state index contributed by atoms with van der Waals surface area (Å²) >= 11 is 1.18. The second-order valence-corrected chi connectivity index (χ2v) is 7.68. The van der Waals surface area contributed by atoms with Gasteiger partial charge in [-0.1, -0.05) is 0 Å². The summed E-state index contributed by atoms with van der Waals surface area (Å²) in [6.45, 7) is 1.86. The van der Waals surface area contributed by atoms with E-state index in [4.69, 9.17) is 17.6 Å². The number of hydrogen-bond acceptors (Lipinski definition) is 7. The monoisotopic (exact) mass is 405 g/mol. The van der Waals surface area contributed by atoms with E-state index in [-0.39, 0.29) is 17.1 Å². The minimum absolute atomic E-state index is 0.130. The number of amides is 2. The number of primary amides is 1. The maximum atomic E-state index is 12.8. The Hall–Kier alpha value is -2.91. The number of nitrogens with zero attached hydrogens (tertiary/aromatic N) is 1. The van der Waals surface area contributed by atoms with Crippen LogP contribution in [0.25, 0.3) is 11.0 Å². The second kappa shape index (κ2) is 7.61. The van der Waals surface area contributed by atoms with E-state index in [2.05, 4.69) is 10.3 Å². The van der Waals surface area contributed by atoms with E-state index in [1.54, 1.807) is 19.9 Å². The molecule has 2 amide bonds. The lowest BCUT2D eigenvalue weighted by Crippen LogP contribution is -2.57. The first-order chi connectivity index (χ1) is 14.0. The molecule has 0 saturated carbocycles. The summed E-state index contributed by atoms with van der Waals surface area (Å²) in [6, 6.07) is 4.56. The number of aliphatic hydroxyl groups is 1. The number of nitrogens with two attached hydrogens (primary N) is 1. The van der Waals surface area contributed by atoms with Crippen LogP contribution >= 0.6 is 11.3 Å². The van der Waals surface area contributed by atoms with Crippen molar-refractivity contribution in [3.63, 3.8) is 0 Å². The summed E-state index contributed by atoms with van der Waals surface area (Å²) in [7, 11) is 0. The molecule has 8 nitrogen and oxygen atoms in total. The van der Waals surface area contributed by atoms with Gasteiger partial charge < -0.3 is 25.3 Å². The number of thiazole rings is 1. The van der Waals surface area contributed by atoms with E-state index in [9.17, 15) is 14.7 Å². The fraction of sp³-hybridized carbons (Fsp3) is 0.316. The number of rotatable bonds is 7. The van der Waals surface area contributed by atoms with Crippen molar-refractivity contribution in [1.29, 1.82) is 0 Å². The molecule has 0 bridgehead atoms. The molecule has 4 N–H and O–H groups in total. The van der Waals surface area contributed by atoms with Crippen molar-refractivity contribution in [2.45, 2.75) is 32.9 Å². The Labute approximate surface area is 168 Å². The van der Waals surface area contributed by atoms with Crippen molar-refractivity contribution in [2.75, 3.05) is 6.61 Å². The molecular weight excluding hydrogens is 382 g/mol. The number of ether oxygens (including phenoxy) is 1. The highest BCUT2D eigenvalue weighted by Crippen LogP contribution is 2.30. The molecule has 0 aliphatic carbocycles. The lowest BCUT2D eigenvalue weighted by atomic mass is 10.0. The Bertz CT molecular complexity index is 1130. The van der Waals surface area contributed by atoms with E-state index < -0.39 is 30.5 Å². The summed E-state index contributed by atoms with van der Waals surface area (Å²) in [5.74, 6) is -1.10. The lowest BCUT2D eigenvalue weighted by molar-refractivity contribution is -0.124. The maximum absolute atomic E-state index is 12.8. The zero-order valence-corrected chi connectivity index (χ0v) is 16.3. The number of nitrogens with one attached hydrogen (secondary N) is 1. The fourth-order valence-corrected chi connectivity index (χ4v) is 3.17. The zero-order valence-electron chi connectivity index (χ0n) is 17.5. The smallest absolute Gasteiger partial charge is 0.256 e. The van der Waals surface area contributed by atoms with E-state index in [0.717, 1.165) is 0 Å². The SMILES string of the molecule is [2H]C([2H])(Oc1ccc2oc(C)c(C(=O)N[C@@](C)(CO)C(N)=O)c2c1)c1cnc(C)s1. The van der Waals surface area contributed by atoms with Crippen molar-refractivity contribution in [2.24, 2.45) is 5.73 Å². The third kappa shape index (κ3) is 3.85. The molecule has 1 aromatic carbocycles. The average molecular weight is 405 g/mol. The molecule has 0 spiro atoms. The number of furan rings is 1. The molecule has 0 fully saturated rings. The first-order valence-electron chi connectivity index (χ1n) is 9.35. The summed E-state index contributed by atoms with van der Waals surface area (Å²) in [6.07, 6.45) is 1.42. The van der Waals surface area contributed by atoms with Gasteiger partial charge in [-0.15, -0.1) is 11.3 Å². The third-order valence-electron chi connectivity index (χ3n) is 4.20. The van der Waals surface area contributed by atoms with E-state index in [1.165, 1.54) is 36.6 Å². The van der Waals surface area contributed by atoms with Crippen molar-refractivity contribution in [3.8, 4) is 5.75 Å². The molecule has 0 saturated heterocycles. The van der Waals surface area contributed by atoms with Crippen LogP contribution in [0.2, 0.25) is 0 Å². The first kappa shape index (κ1) is 17.2. The number of carbonyl (C=O) groups excluding carboxylic acids is 2. The molecule has 0 aliphatic rings. The number of aryl methyl sites for hydroxylation is 2. The van der Waals surface area contributed by atoms with E-state index in [0.29, 0.717) is 20.9 Å². The Kier molecular flexibility index (Phi) is 4.67. The molecule has 28 heavy (non-hydrogen) atoms. The van der Waals surface area contributed by atoms with Crippen LogP contribution in [-0.4, -0.2) is 34.1 Å². The van der Waals surface area contributed by atoms with Crippen LogP contribution in [0, 0.1) is 13.8 Å². The molecule has 1 atom stereocenters. The number of carbonyl (C=O) groups is 2. The third-order valence-corrected chi connectivity index (χ3v) is 5.01. The number of aliphatic hydroxyl groups excluding tert-OH is 1. The molecule has 0 radical (unpaired) electrons. The molecule has 0 aliphatic heterocycles. The highest BCUT2D eigenvalue weighted by Gasteiger charge is 2.34. The van der Waals surface area contributed by atoms with Crippen molar-refractivity contribution in [1.82, 2.24) is 10.3 Å². The predicted molar refractivity (Wildman–Crippen MR) is 104 cm³/mol. The Morgan fingerprint density at radius 3 is 2.82 bits per heavy atom. The van der Waals surface area contributed by atoms with Gasteiger partial charge in [0, 0.05) is 11.6 Å². The second-order valence-electron chi connectivity index (χ2n) is 6.45. The van der Waals surface area contributed by atoms with Crippen LogP contribution in [0.3, 0.4) is 0 Å². The average Bonchev–Trinajstić information content (AvgIpc) is 3.23. The standard InChI is InChI=1S/C19H21N3O5S/c1-10-16(17(24)22-19(3,9-23)18(20)25)14-6-12(4-5-15(14)27-10)26-8-13-7-21-11(2)28-13/h4-7,23H,8-9H2,1-3H3,(H2,20,25)(H,22,24)/t19-/m0/s1/i8D2. The normalized spacial score (nSPS) is 14.9. The predicted octanol–water partition coefficient (Wildman–Crippen LogP) is 2.05. The quantitative estimate of drug-likeness (QED) is 0.552. The fourth-order valence-electron chi connectivity index (χ4n) is 2.55. The van der Waals surface area contributed by atoms with Gasteiger partial charge in [-0.2, -0.15) is 0 Å². The van der Waals surface area contributed by atoms with Gasteiger partial charge in [0.15, 0.2) is 0 Å². The number of fused-ring (bicyclic) bond motifs is 1. The van der Waals surface area contributed by atoms with Gasteiger partial charge in [0.1, 0.15) is 29.2 Å². The number of benzene rings is 1. The summed E-state index contributed by atoms with van der Waals surface area (Å²) in [4.78, 5) is 28.8. The number of aromatic nitrogens is 1. The van der Waals surface area contributed by atoms with Gasteiger partial charge in [-0.3, -0.25) is 9.59 Å². The van der Waals surface area contributed by atoms with Gasteiger partial charge in [-0.05, 0) is 39.0 Å². The van der Waals surface area contributed by atoms with Gasteiger partial charge in [0.05, 0.1) is 24.8 Å². The van der Waals surface area contributed by atoms with Crippen molar-refractivity contribution >= 4 is 34.1 Å². The van der Waals surface area contributed by atoms with Crippen molar-refractivity contribution < 1.29 is 26.6 Å². The van der Waals surface area contributed by atoms with Gasteiger partial charge >= 0.3 is 0 Å². The van der Waals surface area contributed by atoms with Gasteiger partial charge in [0.25, 0.3) is 5.91 Å². The minimum Gasteiger partial charge on any atom is -0.488 e. The van der Waals surface area contributed by atoms with E-state index >= 15 is 0 Å². The van der Waals surface area contributed by atoms with Crippen LogP contribution in [0.15, 0.2) is 28.8 Å². The van der Waals surface area contributed by atoms with Gasteiger partial charge in [-0.25, -0.2) is 4.98 Å². The van der Waals surface area contributed by atoms with Crippen LogP contribution in [0.4, 0.5) is 0 Å². The zero-order chi connectivity index (χ0) is 22.3. The Morgan fingerprint density at radius 2 is 2.21 bits per heavy atom. The molecular formula is C19H21N3O5S. The molecule has 148 valence electrons. The van der Waals surface area contributed by atoms with Crippen LogP contribution in [-0.2, 0) is 11.4 Å². The van der Waals surface area contributed by atoms with E-state index in [1.807, 2.05) is 0 Å². The van der Waals surface area contributed by atoms with Crippen LogP contribution < -0.4 is 15.8 Å². The Morgan fingerprint density at radius 1 is 1.46 bits per heavy atom. The van der Waals surface area contributed by atoms with Crippen LogP contribution in [0.1, 0.15) is 35.7 Å². The van der Waals surface area contributed by atoms with Crippen LogP contribution in [0.5, 0.6) is 5.75 Å². The molecule has 2 aromatic heterocycles. The summed E-state index contributed by atoms with van der Waals surface area (Å²) < 4.78 is 27.5. The summed E-state index contributed by atoms with van der Waals surface area (Å²) in [5, 5.41) is 13.0. The van der Waals surface area contributed by atoms with Gasteiger partial charge in [0.2, 0.25) is 5.91 Å². The lowest BCUT2D eigenvalue weighted by Gasteiger charge is -2.24. The van der Waals surface area contributed by atoms with Crippen molar-refractivity contribution in [3.05, 3.63) is 45.6 Å². The minimum atomic E-state index is -2.12. The highest BCUT2D eigenvalue weighted by molar-refractivity contribution is 7.11. The first-order valence-corrected chi connectivity index (χ1v) is 9.17. The number of hydrogen-bond donors (Lipinski definition) is 3. The molecule has 0 unspecified atom stereocenters. The molecule has 9 heteroatoms. The topological polar surface area (TPSA) is 128 Å². The largest absolute Gasteiger partial charge is 0.488 e. The molecule has 3 rings (SSSR count). The molecule has 2 heterocycles. The maximum Gasteiger partial charge on any atom is 0.256 e. The summed E-state index contributed by atoms with van der Waals surface area (Å²) in [5.41, 5.74) is 4.14. The Balaban J connectivity index is 1.96. The highest BCUT2D eigenvalue weighted by atomic mass is 32.1.